The Labute approximate surface area is 220 Å². The average molecular weight is 573 g/mol. The van der Waals surface area contributed by atoms with Gasteiger partial charge in [0, 0.05) is 71.4 Å². The summed E-state index contributed by atoms with van der Waals surface area (Å²) in [6.45, 7) is 6.09. The van der Waals surface area contributed by atoms with Gasteiger partial charge in [-0.25, -0.2) is 9.59 Å². The van der Waals surface area contributed by atoms with E-state index in [-0.39, 0.29) is 11.4 Å². The molecule has 4 rings (SSSR count). The largest absolute Gasteiger partial charge is 0.490 e. The Morgan fingerprint density at radius 1 is 1.05 bits per heavy atom. The molecule has 3 fully saturated rings. The van der Waals surface area contributed by atoms with E-state index in [1.54, 1.807) is 6.20 Å². The number of halogens is 6. The zero-order valence-electron chi connectivity index (χ0n) is 21.0. The lowest BCUT2D eigenvalue weighted by atomic mass is 9.91. The number of ether oxygens (including phenoxy) is 1. The van der Waals surface area contributed by atoms with Gasteiger partial charge in [0.05, 0.1) is 0 Å². The number of aromatic nitrogens is 1. The van der Waals surface area contributed by atoms with Crippen LogP contribution in [0.2, 0.25) is 0 Å². The van der Waals surface area contributed by atoms with Crippen LogP contribution in [0, 0.1) is 0 Å². The fraction of sp³-hybridized carbons (Fsp3) is 0.652. The summed E-state index contributed by atoms with van der Waals surface area (Å²) in [5.41, 5.74) is 0.810. The highest BCUT2D eigenvalue weighted by molar-refractivity contribution is 5.87. The van der Waals surface area contributed by atoms with Gasteiger partial charge in [-0.3, -0.25) is 19.6 Å². The van der Waals surface area contributed by atoms with E-state index in [2.05, 4.69) is 20.9 Å². The van der Waals surface area contributed by atoms with Crippen molar-refractivity contribution >= 4 is 17.8 Å². The van der Waals surface area contributed by atoms with E-state index in [1.807, 2.05) is 24.2 Å². The van der Waals surface area contributed by atoms with E-state index >= 15 is 0 Å². The molecule has 3 saturated heterocycles. The first-order chi connectivity index (χ1) is 18.1. The predicted molar refractivity (Wildman–Crippen MR) is 122 cm³/mol. The van der Waals surface area contributed by atoms with E-state index < -0.39 is 24.3 Å². The molecule has 3 aliphatic rings. The summed E-state index contributed by atoms with van der Waals surface area (Å²) in [7, 11) is 1.95. The van der Waals surface area contributed by atoms with E-state index in [0.717, 1.165) is 65.2 Å². The van der Waals surface area contributed by atoms with Crippen LogP contribution in [0.15, 0.2) is 24.5 Å². The van der Waals surface area contributed by atoms with E-state index in [0.29, 0.717) is 6.04 Å². The van der Waals surface area contributed by atoms with Crippen LogP contribution in [0.25, 0.3) is 0 Å². The second-order valence-electron chi connectivity index (χ2n) is 9.21. The minimum Gasteiger partial charge on any atom is -0.475 e. The Bertz CT molecular complexity index is 950. The molecule has 0 radical (unpaired) electrons. The number of hydrogen-bond donors (Lipinski definition) is 2. The Morgan fingerprint density at radius 2 is 1.62 bits per heavy atom. The molecule has 1 aromatic rings. The maximum Gasteiger partial charge on any atom is 0.490 e. The van der Waals surface area contributed by atoms with Crippen molar-refractivity contribution in [2.45, 2.75) is 49.7 Å². The number of amides is 1. The Hall–Kier alpha value is -2.98. The van der Waals surface area contributed by atoms with Crippen LogP contribution in [0.5, 0.6) is 0 Å². The zero-order valence-corrected chi connectivity index (χ0v) is 21.0. The summed E-state index contributed by atoms with van der Waals surface area (Å²) in [4.78, 5) is 42.1. The monoisotopic (exact) mass is 572 g/mol. The Kier molecular flexibility index (Phi) is 11.1. The van der Waals surface area contributed by atoms with Gasteiger partial charge in [0.1, 0.15) is 5.54 Å². The number of hydrogen-bond acceptors (Lipinski definition) is 7. The van der Waals surface area contributed by atoms with Crippen LogP contribution in [-0.2, 0) is 25.7 Å². The molecule has 0 aliphatic carbocycles. The highest BCUT2D eigenvalue weighted by Crippen LogP contribution is 2.36. The number of alkyl halides is 6. The lowest BCUT2D eigenvalue weighted by molar-refractivity contribution is -0.193. The SMILES string of the molecule is CN1CCN(Cc2cccnc2)C2(CCN(C3CCOCC3)C2)C1=O.O=C(O)C(F)(F)F.O=C(O)C(F)(F)F. The van der Waals surface area contributed by atoms with Crippen LogP contribution in [0.1, 0.15) is 24.8 Å². The van der Waals surface area contributed by atoms with Crippen LogP contribution in [0.3, 0.4) is 0 Å². The maximum absolute atomic E-state index is 13.2. The van der Waals surface area contributed by atoms with Crippen molar-refractivity contribution < 1.29 is 55.7 Å². The number of likely N-dealkylation sites (tertiary alicyclic amines) is 1. The van der Waals surface area contributed by atoms with Gasteiger partial charge in [-0.2, -0.15) is 26.3 Å². The van der Waals surface area contributed by atoms with Gasteiger partial charge >= 0.3 is 24.3 Å². The molecule has 0 saturated carbocycles. The normalized spacial score (nSPS) is 23.1. The number of rotatable bonds is 3. The summed E-state index contributed by atoms with van der Waals surface area (Å²) in [5.74, 6) is -5.22. The predicted octanol–water partition coefficient (Wildman–Crippen LogP) is 2.25. The number of carboxylic acids is 2. The molecule has 1 amide bonds. The molecule has 1 unspecified atom stereocenters. The average Bonchev–Trinajstić information content (AvgIpc) is 3.32. The molecule has 1 spiro atoms. The summed E-state index contributed by atoms with van der Waals surface area (Å²) in [5, 5.41) is 14.2. The summed E-state index contributed by atoms with van der Waals surface area (Å²) in [6, 6.07) is 4.64. The summed E-state index contributed by atoms with van der Waals surface area (Å²) >= 11 is 0. The molecular formula is C23H30F6N4O6. The molecule has 16 heteroatoms. The van der Waals surface area contributed by atoms with Crippen LogP contribution in [0.4, 0.5) is 26.3 Å². The highest BCUT2D eigenvalue weighted by atomic mass is 19.4. The van der Waals surface area contributed by atoms with Crippen LogP contribution in [-0.4, -0.2) is 118 Å². The zero-order chi connectivity index (χ0) is 29.4. The number of carboxylic acid groups (broad SMARTS) is 2. The quantitative estimate of drug-likeness (QED) is 0.525. The molecule has 39 heavy (non-hydrogen) atoms. The lowest BCUT2D eigenvalue weighted by Gasteiger charge is -2.47. The van der Waals surface area contributed by atoms with Gasteiger partial charge in [-0.1, -0.05) is 6.07 Å². The lowest BCUT2D eigenvalue weighted by Crippen LogP contribution is -2.66. The Morgan fingerprint density at radius 3 is 2.10 bits per heavy atom. The molecule has 0 aromatic carbocycles. The van der Waals surface area contributed by atoms with E-state index in [1.165, 1.54) is 5.56 Å². The first kappa shape index (κ1) is 32.2. The molecule has 220 valence electrons. The second kappa shape index (κ2) is 13.4. The summed E-state index contributed by atoms with van der Waals surface area (Å²) in [6.07, 6.45) is -3.35. The number of pyridine rings is 1. The fourth-order valence-electron chi connectivity index (χ4n) is 4.64. The third-order valence-corrected chi connectivity index (χ3v) is 6.62. The van der Waals surface area contributed by atoms with E-state index in [9.17, 15) is 31.1 Å². The second-order valence-corrected chi connectivity index (χ2v) is 9.21. The van der Waals surface area contributed by atoms with Crippen molar-refractivity contribution in [3.63, 3.8) is 0 Å². The van der Waals surface area contributed by atoms with Crippen molar-refractivity contribution in [3.8, 4) is 0 Å². The third-order valence-electron chi connectivity index (χ3n) is 6.62. The third kappa shape index (κ3) is 9.03. The molecule has 0 bridgehead atoms. The molecule has 10 nitrogen and oxygen atoms in total. The van der Waals surface area contributed by atoms with Gasteiger partial charge in [0.25, 0.3) is 0 Å². The number of nitrogens with zero attached hydrogens (tertiary/aromatic N) is 4. The standard InChI is InChI=1S/C19H28N4O2.2C2HF3O2/c1-21-9-10-23(14-16-3-2-7-20-13-16)19(18(21)24)6-8-22(15-19)17-4-11-25-12-5-17;2*3-2(4,5)1(6)7/h2-3,7,13,17H,4-6,8-12,14-15H2,1H3;2*(H,6,7). The van der Waals surface area contributed by atoms with Crippen molar-refractivity contribution in [1.29, 1.82) is 0 Å². The molecule has 3 aliphatic heterocycles. The fourth-order valence-corrected chi connectivity index (χ4v) is 4.64. The topological polar surface area (TPSA) is 124 Å². The van der Waals surface area contributed by atoms with Crippen LogP contribution < -0.4 is 0 Å². The molecule has 1 aromatic heterocycles. The van der Waals surface area contributed by atoms with E-state index in [4.69, 9.17) is 24.5 Å². The van der Waals surface area contributed by atoms with Crippen molar-refractivity contribution in [2.75, 3.05) is 46.4 Å². The maximum atomic E-state index is 13.2. The first-order valence-corrected chi connectivity index (χ1v) is 11.9. The van der Waals surface area contributed by atoms with Gasteiger partial charge < -0.3 is 19.8 Å². The minimum absolute atomic E-state index is 0.289. The molecule has 4 heterocycles. The van der Waals surface area contributed by atoms with Gasteiger partial charge in [-0.05, 0) is 30.9 Å². The highest BCUT2D eigenvalue weighted by Gasteiger charge is 2.53. The van der Waals surface area contributed by atoms with Crippen LogP contribution >= 0.6 is 0 Å². The summed E-state index contributed by atoms with van der Waals surface area (Å²) < 4.78 is 69.0. The molecule has 1 atom stereocenters. The van der Waals surface area contributed by atoms with Gasteiger partial charge in [0.2, 0.25) is 5.91 Å². The number of piperazine rings is 1. The number of carbonyl (C=O) groups excluding carboxylic acids is 1. The number of aliphatic carboxylic acids is 2. The first-order valence-electron chi connectivity index (χ1n) is 11.9. The van der Waals surface area contributed by atoms with Gasteiger partial charge in [0.15, 0.2) is 0 Å². The van der Waals surface area contributed by atoms with Crippen molar-refractivity contribution in [2.24, 2.45) is 0 Å². The number of carbonyl (C=O) groups is 3. The smallest absolute Gasteiger partial charge is 0.475 e. The van der Waals surface area contributed by atoms with Crippen molar-refractivity contribution in [1.82, 2.24) is 19.7 Å². The van der Waals surface area contributed by atoms with Gasteiger partial charge in [-0.15, -0.1) is 0 Å². The minimum atomic E-state index is -5.08. The Balaban J connectivity index is 0.000000317. The molecule has 2 N–H and O–H groups in total. The molecular weight excluding hydrogens is 542 g/mol. The van der Waals surface area contributed by atoms with Crippen molar-refractivity contribution in [3.05, 3.63) is 30.1 Å². The number of likely N-dealkylation sites (N-methyl/N-ethyl adjacent to an activating group) is 1.